The van der Waals surface area contributed by atoms with Gasteiger partial charge in [0, 0.05) is 44.9 Å². The first-order valence-corrected chi connectivity index (χ1v) is 11.7. The third kappa shape index (κ3) is 6.11. The van der Waals surface area contributed by atoms with Crippen molar-refractivity contribution in [3.8, 4) is 11.1 Å². The highest BCUT2D eigenvalue weighted by molar-refractivity contribution is 5.93. The van der Waals surface area contributed by atoms with E-state index in [4.69, 9.17) is 10.5 Å². The number of nitrogens with two attached hydrogens (primary N) is 1. The van der Waals surface area contributed by atoms with Gasteiger partial charge < -0.3 is 30.8 Å². The number of aliphatic hydroxyl groups is 1. The number of methoxy groups -OCH3 is 1. The Balaban J connectivity index is 2.02. The van der Waals surface area contributed by atoms with Crippen molar-refractivity contribution >= 4 is 22.7 Å². The normalized spacial score (nSPS) is 13.2. The van der Waals surface area contributed by atoms with Crippen LogP contribution in [0, 0.1) is 0 Å². The molecule has 0 fully saturated rings. The Labute approximate surface area is 200 Å². The number of aliphatic hydroxyl groups excluding tert-OH is 1. The molecule has 0 amide bonds. The van der Waals surface area contributed by atoms with Gasteiger partial charge in [0.2, 0.25) is 5.95 Å². The number of hydrogen-bond acceptors (Lipinski definition) is 8. The Kier molecular flexibility index (Phi) is 8.60. The molecular formula is C25H36N6O3. The lowest BCUT2D eigenvalue weighted by Crippen LogP contribution is -2.39. The second-order valence-electron chi connectivity index (χ2n) is 8.94. The van der Waals surface area contributed by atoms with Crippen molar-refractivity contribution in [3.63, 3.8) is 0 Å². The Morgan fingerprint density at radius 1 is 1.26 bits per heavy atom. The summed E-state index contributed by atoms with van der Waals surface area (Å²) in [5.74, 6) is 0.737. The first kappa shape index (κ1) is 25.6. The molecule has 184 valence electrons. The number of rotatable bonds is 12. The Bertz CT molecular complexity index is 1180. The lowest BCUT2D eigenvalue weighted by atomic mass is 9.95. The predicted molar refractivity (Wildman–Crippen MR) is 137 cm³/mol. The number of pyridine rings is 1. The molecule has 2 heterocycles. The largest absolute Gasteiger partial charge is 0.394 e. The summed E-state index contributed by atoms with van der Waals surface area (Å²) in [4.78, 5) is 21.3. The highest BCUT2D eigenvalue weighted by Crippen LogP contribution is 2.31. The summed E-state index contributed by atoms with van der Waals surface area (Å²) in [6, 6.07) is 7.46. The molecule has 3 aromatic rings. The van der Waals surface area contributed by atoms with Crippen LogP contribution in [0.25, 0.3) is 22.0 Å². The number of nitrogens with zero attached hydrogens (tertiary/aromatic N) is 3. The van der Waals surface area contributed by atoms with Crippen LogP contribution in [0.15, 0.2) is 35.3 Å². The van der Waals surface area contributed by atoms with E-state index in [2.05, 4.69) is 27.5 Å². The molecule has 0 radical (unpaired) electrons. The maximum absolute atomic E-state index is 12.4. The van der Waals surface area contributed by atoms with E-state index in [9.17, 15) is 9.90 Å². The Morgan fingerprint density at radius 2 is 2.06 bits per heavy atom. The summed E-state index contributed by atoms with van der Waals surface area (Å²) in [6.45, 7) is 5.98. The topological polar surface area (TPSA) is 127 Å². The zero-order valence-electron chi connectivity index (χ0n) is 20.5. The van der Waals surface area contributed by atoms with Gasteiger partial charge in [0.25, 0.3) is 5.56 Å². The van der Waals surface area contributed by atoms with E-state index in [1.54, 1.807) is 24.8 Å². The molecule has 1 aromatic carbocycles. The molecule has 0 saturated heterocycles. The van der Waals surface area contributed by atoms with Crippen LogP contribution >= 0.6 is 0 Å². The fraction of sp³-hybridized carbons (Fsp3) is 0.480. The van der Waals surface area contributed by atoms with E-state index in [0.717, 1.165) is 41.3 Å². The molecule has 0 bridgehead atoms. The summed E-state index contributed by atoms with van der Waals surface area (Å²) >= 11 is 0. The number of nitrogen functional groups attached to an aromatic ring is 1. The number of benzene rings is 1. The van der Waals surface area contributed by atoms with Gasteiger partial charge in [-0.15, -0.1) is 0 Å². The fourth-order valence-corrected chi connectivity index (χ4v) is 3.94. The minimum Gasteiger partial charge on any atom is -0.394 e. The standard InChI is InChI=1S/C25H36N6O3/c1-5-6-9-25(2,16-32)30-23-19-8-7-17(12-21(19)28-24(26)29-23)20-13-22(33)31(3)15-18(20)14-27-10-11-34-4/h7-8,12-13,15,27,32H,5-6,9-11,14,16H2,1-4H3,(H3,26,28,29,30). The second-order valence-corrected chi connectivity index (χ2v) is 8.94. The van der Waals surface area contributed by atoms with Crippen molar-refractivity contribution in [2.75, 3.05) is 37.9 Å². The van der Waals surface area contributed by atoms with Crippen LogP contribution in [0.4, 0.5) is 11.8 Å². The van der Waals surface area contributed by atoms with Crippen molar-refractivity contribution in [3.05, 3.63) is 46.4 Å². The molecule has 1 atom stereocenters. The fourth-order valence-electron chi connectivity index (χ4n) is 3.94. The summed E-state index contributed by atoms with van der Waals surface area (Å²) in [7, 11) is 3.41. The zero-order valence-corrected chi connectivity index (χ0v) is 20.5. The average molecular weight is 469 g/mol. The summed E-state index contributed by atoms with van der Waals surface area (Å²) < 4.78 is 6.68. The molecular weight excluding hydrogens is 432 g/mol. The van der Waals surface area contributed by atoms with E-state index in [0.29, 0.717) is 31.0 Å². The first-order valence-electron chi connectivity index (χ1n) is 11.7. The number of nitrogens with one attached hydrogen (secondary N) is 2. The quantitative estimate of drug-likeness (QED) is 0.299. The van der Waals surface area contributed by atoms with E-state index in [-0.39, 0.29) is 18.1 Å². The third-order valence-electron chi connectivity index (χ3n) is 5.99. The van der Waals surface area contributed by atoms with Gasteiger partial charge in [0.05, 0.1) is 24.3 Å². The molecule has 9 nitrogen and oxygen atoms in total. The predicted octanol–water partition coefficient (Wildman–Crippen LogP) is 2.67. The molecule has 3 rings (SSSR count). The number of aryl methyl sites for hydroxylation is 1. The van der Waals surface area contributed by atoms with Gasteiger partial charge in [0.15, 0.2) is 0 Å². The van der Waals surface area contributed by atoms with Gasteiger partial charge >= 0.3 is 0 Å². The number of ether oxygens (including phenoxy) is 1. The van der Waals surface area contributed by atoms with E-state index in [1.165, 1.54) is 0 Å². The molecule has 2 aromatic heterocycles. The van der Waals surface area contributed by atoms with Crippen molar-refractivity contribution in [2.24, 2.45) is 7.05 Å². The van der Waals surface area contributed by atoms with Crippen LogP contribution in [0.1, 0.15) is 38.7 Å². The lowest BCUT2D eigenvalue weighted by Gasteiger charge is -2.30. The molecule has 0 aliphatic rings. The third-order valence-corrected chi connectivity index (χ3v) is 5.99. The number of fused-ring (bicyclic) bond motifs is 1. The van der Waals surface area contributed by atoms with Gasteiger partial charge in [-0.3, -0.25) is 4.79 Å². The highest BCUT2D eigenvalue weighted by atomic mass is 16.5. The zero-order chi connectivity index (χ0) is 24.7. The average Bonchev–Trinajstić information content (AvgIpc) is 2.82. The van der Waals surface area contributed by atoms with Crippen molar-refractivity contribution in [1.29, 1.82) is 0 Å². The summed E-state index contributed by atoms with van der Waals surface area (Å²) in [6.07, 6.45) is 4.67. The van der Waals surface area contributed by atoms with Gasteiger partial charge in [-0.2, -0.15) is 4.98 Å². The van der Waals surface area contributed by atoms with Crippen LogP contribution in [-0.2, 0) is 18.3 Å². The van der Waals surface area contributed by atoms with E-state index < -0.39 is 5.54 Å². The molecule has 0 saturated carbocycles. The van der Waals surface area contributed by atoms with Crippen molar-refractivity contribution in [1.82, 2.24) is 19.9 Å². The van der Waals surface area contributed by atoms with Crippen LogP contribution in [0.2, 0.25) is 0 Å². The molecule has 5 N–H and O–H groups in total. The molecule has 9 heteroatoms. The monoisotopic (exact) mass is 468 g/mol. The number of anilines is 2. The van der Waals surface area contributed by atoms with Gasteiger partial charge in [-0.1, -0.05) is 25.8 Å². The van der Waals surface area contributed by atoms with Crippen LogP contribution in [0.3, 0.4) is 0 Å². The van der Waals surface area contributed by atoms with Gasteiger partial charge in [-0.05, 0) is 42.2 Å². The number of aromatic nitrogens is 3. The SMILES string of the molecule is CCCCC(C)(CO)Nc1nc(N)nc2cc(-c3cc(=O)n(C)cc3CNCCOC)ccc12. The highest BCUT2D eigenvalue weighted by Gasteiger charge is 2.24. The Hall–Kier alpha value is -3.01. The van der Waals surface area contributed by atoms with E-state index >= 15 is 0 Å². The van der Waals surface area contributed by atoms with Gasteiger partial charge in [0.1, 0.15) is 5.82 Å². The minimum atomic E-state index is -0.519. The number of hydrogen-bond donors (Lipinski definition) is 4. The summed E-state index contributed by atoms with van der Waals surface area (Å²) in [5, 5.41) is 17.6. The Morgan fingerprint density at radius 3 is 2.76 bits per heavy atom. The molecule has 0 aliphatic heterocycles. The maximum Gasteiger partial charge on any atom is 0.250 e. The van der Waals surface area contributed by atoms with Crippen LogP contribution < -0.4 is 21.9 Å². The maximum atomic E-state index is 12.4. The molecule has 1 unspecified atom stereocenters. The smallest absolute Gasteiger partial charge is 0.250 e. The van der Waals surface area contributed by atoms with Crippen molar-refractivity contribution < 1.29 is 9.84 Å². The molecule has 0 spiro atoms. The molecule has 0 aliphatic carbocycles. The van der Waals surface area contributed by atoms with E-state index in [1.807, 2.05) is 31.3 Å². The van der Waals surface area contributed by atoms with Crippen molar-refractivity contribution in [2.45, 2.75) is 45.2 Å². The lowest BCUT2D eigenvalue weighted by molar-refractivity contribution is 0.199. The number of unbranched alkanes of at least 4 members (excludes halogenated alkanes) is 1. The first-order chi connectivity index (χ1) is 16.3. The van der Waals surface area contributed by atoms with Crippen LogP contribution in [-0.4, -0.2) is 52.0 Å². The summed E-state index contributed by atoms with van der Waals surface area (Å²) in [5.41, 5.74) is 8.80. The molecule has 34 heavy (non-hydrogen) atoms. The minimum absolute atomic E-state index is 0.0246. The van der Waals surface area contributed by atoms with Crippen LogP contribution in [0.5, 0.6) is 0 Å². The second kappa shape index (κ2) is 11.4. The van der Waals surface area contributed by atoms with Gasteiger partial charge in [-0.25, -0.2) is 4.98 Å².